The quantitative estimate of drug-likeness (QED) is 0.419. The second-order valence-corrected chi connectivity index (χ2v) is 2.07. The van der Waals surface area contributed by atoms with Crippen LogP contribution < -0.4 is 0 Å². The fraction of sp³-hybridized carbons (Fsp3) is 0.750. The highest BCUT2D eigenvalue weighted by Crippen LogP contribution is 2.02. The number of allylic oxidation sites excluding steroid dienone is 1. The number of rotatable bonds is 6. The van der Waals surface area contributed by atoms with Crippen LogP contribution >= 0.6 is 0 Å². The molecule has 60 valence electrons. The maximum Gasteiger partial charge on any atom is 0.0888 e. The minimum Gasteiger partial charge on any atom is -0.499 e. The largest absolute Gasteiger partial charge is 0.499 e. The molecule has 0 aliphatic rings. The van der Waals surface area contributed by atoms with Gasteiger partial charge < -0.3 is 9.47 Å². The van der Waals surface area contributed by atoms with Gasteiger partial charge in [0, 0.05) is 20.1 Å². The molecule has 0 atom stereocenters. The van der Waals surface area contributed by atoms with Gasteiger partial charge >= 0.3 is 0 Å². The first-order valence-electron chi connectivity index (χ1n) is 3.60. The van der Waals surface area contributed by atoms with E-state index in [9.17, 15) is 0 Å². The van der Waals surface area contributed by atoms with Crippen LogP contribution in [0.5, 0.6) is 0 Å². The van der Waals surface area contributed by atoms with Crippen molar-refractivity contribution >= 4 is 0 Å². The highest BCUT2D eigenvalue weighted by molar-refractivity contribution is 4.81. The van der Waals surface area contributed by atoms with Crippen LogP contribution in [-0.4, -0.2) is 20.3 Å². The fourth-order valence-corrected chi connectivity index (χ4v) is 0.690. The van der Waals surface area contributed by atoms with Crippen molar-refractivity contribution in [3.63, 3.8) is 0 Å². The van der Waals surface area contributed by atoms with Gasteiger partial charge in [0.15, 0.2) is 0 Å². The molecule has 0 N–H and O–H groups in total. The highest BCUT2D eigenvalue weighted by Gasteiger charge is 1.92. The Morgan fingerprint density at radius 1 is 1.50 bits per heavy atom. The predicted molar refractivity (Wildman–Crippen MR) is 41.9 cm³/mol. The van der Waals surface area contributed by atoms with Crippen molar-refractivity contribution < 1.29 is 9.47 Å². The Bertz CT molecular complexity index is 89.3. The van der Waals surface area contributed by atoms with Gasteiger partial charge in [0.25, 0.3) is 0 Å². The number of methoxy groups -OCH3 is 1. The van der Waals surface area contributed by atoms with E-state index >= 15 is 0 Å². The van der Waals surface area contributed by atoms with E-state index in [4.69, 9.17) is 9.47 Å². The zero-order valence-corrected chi connectivity index (χ0v) is 6.85. The number of hydrogen-bond donors (Lipinski definition) is 0. The standard InChI is InChI=1S/C8H16O2/c1-4-10-8(2)6-5-7-9-3/h2,4-7H2,1,3H3. The zero-order chi connectivity index (χ0) is 7.82. The molecular formula is C8H16O2. The lowest BCUT2D eigenvalue weighted by Crippen LogP contribution is -1.93. The molecule has 0 unspecified atom stereocenters. The lowest BCUT2D eigenvalue weighted by atomic mass is 10.3. The molecule has 0 saturated carbocycles. The first-order chi connectivity index (χ1) is 4.81. The van der Waals surface area contributed by atoms with Crippen molar-refractivity contribution in [3.8, 4) is 0 Å². The van der Waals surface area contributed by atoms with E-state index in [2.05, 4.69) is 6.58 Å². The highest BCUT2D eigenvalue weighted by atomic mass is 16.5. The van der Waals surface area contributed by atoms with Gasteiger partial charge in [-0.15, -0.1) is 0 Å². The molecule has 0 aromatic heterocycles. The fourth-order valence-electron chi connectivity index (χ4n) is 0.690. The molecule has 0 aliphatic heterocycles. The summed E-state index contributed by atoms with van der Waals surface area (Å²) in [6, 6.07) is 0. The second-order valence-electron chi connectivity index (χ2n) is 2.07. The summed E-state index contributed by atoms with van der Waals surface area (Å²) in [7, 11) is 1.70. The molecular weight excluding hydrogens is 128 g/mol. The normalized spacial score (nSPS) is 9.40. The minimum atomic E-state index is 0.714. The lowest BCUT2D eigenvalue weighted by Gasteiger charge is -2.04. The van der Waals surface area contributed by atoms with Gasteiger partial charge in [0.05, 0.1) is 12.4 Å². The molecule has 0 heterocycles. The Morgan fingerprint density at radius 2 is 2.20 bits per heavy atom. The number of hydrogen-bond acceptors (Lipinski definition) is 2. The summed E-state index contributed by atoms with van der Waals surface area (Å²) in [5, 5.41) is 0. The van der Waals surface area contributed by atoms with Gasteiger partial charge in [-0.1, -0.05) is 6.58 Å². The molecule has 0 spiro atoms. The predicted octanol–water partition coefficient (Wildman–Crippen LogP) is 1.96. The van der Waals surface area contributed by atoms with Crippen molar-refractivity contribution in [1.29, 1.82) is 0 Å². The molecule has 0 rings (SSSR count). The molecule has 0 aromatic carbocycles. The molecule has 10 heavy (non-hydrogen) atoms. The molecule has 0 aliphatic carbocycles. The molecule has 0 amide bonds. The third kappa shape index (κ3) is 5.63. The van der Waals surface area contributed by atoms with Gasteiger partial charge in [0.1, 0.15) is 0 Å². The van der Waals surface area contributed by atoms with E-state index in [0.717, 1.165) is 25.2 Å². The Balaban J connectivity index is 3.05. The third-order valence-corrected chi connectivity index (χ3v) is 1.15. The smallest absolute Gasteiger partial charge is 0.0888 e. The Kier molecular flexibility index (Phi) is 6.29. The van der Waals surface area contributed by atoms with Gasteiger partial charge in [-0.3, -0.25) is 0 Å². The summed E-state index contributed by atoms with van der Waals surface area (Å²) in [4.78, 5) is 0. The van der Waals surface area contributed by atoms with Crippen molar-refractivity contribution in [2.75, 3.05) is 20.3 Å². The van der Waals surface area contributed by atoms with E-state index in [0.29, 0.717) is 6.61 Å². The summed E-state index contributed by atoms with van der Waals surface area (Å²) >= 11 is 0. The van der Waals surface area contributed by atoms with Crippen LogP contribution in [0.25, 0.3) is 0 Å². The lowest BCUT2D eigenvalue weighted by molar-refractivity contribution is 0.177. The molecule has 0 fully saturated rings. The van der Waals surface area contributed by atoms with Crippen LogP contribution in [0.4, 0.5) is 0 Å². The van der Waals surface area contributed by atoms with Gasteiger partial charge in [0.2, 0.25) is 0 Å². The van der Waals surface area contributed by atoms with E-state index in [-0.39, 0.29) is 0 Å². The van der Waals surface area contributed by atoms with Crippen LogP contribution in [0, 0.1) is 0 Å². The molecule has 0 bridgehead atoms. The van der Waals surface area contributed by atoms with Crippen LogP contribution in [0.15, 0.2) is 12.3 Å². The van der Waals surface area contributed by atoms with E-state index < -0.39 is 0 Å². The SMILES string of the molecule is C=C(CCCOC)OCC. The average molecular weight is 144 g/mol. The van der Waals surface area contributed by atoms with E-state index in [1.807, 2.05) is 6.92 Å². The molecule has 0 saturated heterocycles. The maximum absolute atomic E-state index is 5.14. The monoisotopic (exact) mass is 144 g/mol. The minimum absolute atomic E-state index is 0.714. The molecule has 2 nitrogen and oxygen atoms in total. The first kappa shape index (κ1) is 9.50. The summed E-state index contributed by atoms with van der Waals surface area (Å²) in [6.07, 6.45) is 1.90. The topological polar surface area (TPSA) is 18.5 Å². The molecule has 0 radical (unpaired) electrons. The van der Waals surface area contributed by atoms with E-state index in [1.165, 1.54) is 0 Å². The van der Waals surface area contributed by atoms with Crippen LogP contribution in [0.1, 0.15) is 19.8 Å². The van der Waals surface area contributed by atoms with Crippen molar-refractivity contribution in [3.05, 3.63) is 12.3 Å². The summed E-state index contributed by atoms with van der Waals surface area (Å²) < 4.78 is 10.0. The first-order valence-corrected chi connectivity index (χ1v) is 3.60. The molecule has 2 heteroatoms. The van der Waals surface area contributed by atoms with Crippen LogP contribution in [0.2, 0.25) is 0 Å². The number of ether oxygens (including phenoxy) is 2. The average Bonchev–Trinajstić information content (AvgIpc) is 1.89. The summed E-state index contributed by atoms with van der Waals surface area (Å²) in [5.74, 6) is 0.861. The van der Waals surface area contributed by atoms with Crippen LogP contribution in [0.3, 0.4) is 0 Å². The maximum atomic E-state index is 5.14. The van der Waals surface area contributed by atoms with Gasteiger partial charge in [-0.2, -0.15) is 0 Å². The zero-order valence-electron chi connectivity index (χ0n) is 6.85. The Morgan fingerprint density at radius 3 is 2.70 bits per heavy atom. The van der Waals surface area contributed by atoms with Crippen molar-refractivity contribution in [2.45, 2.75) is 19.8 Å². The second kappa shape index (κ2) is 6.62. The molecule has 0 aromatic rings. The van der Waals surface area contributed by atoms with Gasteiger partial charge in [-0.05, 0) is 13.3 Å². The van der Waals surface area contributed by atoms with Crippen LogP contribution in [-0.2, 0) is 9.47 Å². The van der Waals surface area contributed by atoms with Gasteiger partial charge in [-0.25, -0.2) is 0 Å². The van der Waals surface area contributed by atoms with Crippen molar-refractivity contribution in [2.24, 2.45) is 0 Å². The van der Waals surface area contributed by atoms with E-state index in [1.54, 1.807) is 7.11 Å². The Labute approximate surface area is 62.8 Å². The van der Waals surface area contributed by atoms with Crippen molar-refractivity contribution in [1.82, 2.24) is 0 Å². The third-order valence-electron chi connectivity index (χ3n) is 1.15. The summed E-state index contributed by atoms with van der Waals surface area (Å²) in [5.41, 5.74) is 0. The Hall–Kier alpha value is -0.500. The summed E-state index contributed by atoms with van der Waals surface area (Å²) in [6.45, 7) is 7.20.